The van der Waals surface area contributed by atoms with Crippen molar-refractivity contribution in [1.82, 2.24) is 9.47 Å². The molecule has 0 fully saturated rings. The maximum atomic E-state index is 4.78. The second kappa shape index (κ2) is 5.81. The van der Waals surface area contributed by atoms with E-state index in [1.165, 1.54) is 27.7 Å². The van der Waals surface area contributed by atoms with Crippen LogP contribution in [0, 0.1) is 0 Å². The first kappa shape index (κ1) is 14.8. The fraction of sp³-hybridized carbons (Fsp3) is 0.190. The van der Waals surface area contributed by atoms with E-state index >= 15 is 0 Å². The fourth-order valence-electron chi connectivity index (χ4n) is 3.87. The molecule has 0 unspecified atom stereocenters. The van der Waals surface area contributed by atoms with Crippen LogP contribution in [0.15, 0.2) is 71.2 Å². The van der Waals surface area contributed by atoms with Gasteiger partial charge in [0.05, 0.1) is 18.3 Å². The van der Waals surface area contributed by atoms with Crippen molar-refractivity contribution >= 4 is 33.5 Å². The van der Waals surface area contributed by atoms with Gasteiger partial charge < -0.3 is 9.47 Å². The van der Waals surface area contributed by atoms with Crippen LogP contribution < -0.4 is 0 Å². The minimum Gasteiger partial charge on any atom is -0.350 e. The van der Waals surface area contributed by atoms with E-state index in [0.717, 1.165) is 18.1 Å². The van der Waals surface area contributed by atoms with Gasteiger partial charge in [0.1, 0.15) is 0 Å². The molecule has 0 saturated heterocycles. The number of para-hydroxylation sites is 1. The number of nitrogens with zero attached hydrogens (tertiary/aromatic N) is 3. The third-order valence-corrected chi connectivity index (χ3v) is 5.93. The average molecular weight is 345 g/mol. The summed E-state index contributed by atoms with van der Waals surface area (Å²) in [5, 5.41) is 4.74. The largest absolute Gasteiger partial charge is 0.350 e. The Morgan fingerprint density at radius 2 is 1.88 bits per heavy atom. The first-order chi connectivity index (χ1) is 12.3. The Bertz CT molecular complexity index is 1000. The van der Waals surface area contributed by atoms with Crippen LogP contribution in [-0.4, -0.2) is 27.2 Å². The summed E-state index contributed by atoms with van der Waals surface area (Å²) in [4.78, 5) is 7.22. The fourth-order valence-corrected chi connectivity index (χ4v) is 4.85. The Labute approximate surface area is 151 Å². The summed E-state index contributed by atoms with van der Waals surface area (Å²) in [6, 6.07) is 19.7. The zero-order valence-corrected chi connectivity index (χ0v) is 14.9. The van der Waals surface area contributed by atoms with E-state index in [2.05, 4.69) is 82.7 Å². The first-order valence-corrected chi connectivity index (χ1v) is 9.48. The van der Waals surface area contributed by atoms with Gasteiger partial charge in [-0.2, -0.15) is 0 Å². The molecule has 0 N–H and O–H groups in total. The summed E-state index contributed by atoms with van der Waals surface area (Å²) in [5.41, 5.74) is 5.26. The highest BCUT2D eigenvalue weighted by Gasteiger charge is 2.35. The van der Waals surface area contributed by atoms with Gasteiger partial charge in [-0.3, -0.25) is 4.99 Å². The summed E-state index contributed by atoms with van der Waals surface area (Å²) in [7, 11) is 2.13. The molecule has 0 bridgehead atoms. The van der Waals surface area contributed by atoms with E-state index in [1.54, 1.807) is 11.8 Å². The third-order valence-electron chi connectivity index (χ3n) is 5.05. The van der Waals surface area contributed by atoms with Gasteiger partial charge >= 0.3 is 0 Å². The van der Waals surface area contributed by atoms with E-state index in [0.29, 0.717) is 6.04 Å². The van der Waals surface area contributed by atoms with Crippen molar-refractivity contribution in [2.24, 2.45) is 12.0 Å². The van der Waals surface area contributed by atoms with E-state index in [1.807, 2.05) is 0 Å². The lowest BCUT2D eigenvalue weighted by atomic mass is 10.0. The Morgan fingerprint density at radius 1 is 1.08 bits per heavy atom. The molecule has 0 aliphatic carbocycles. The van der Waals surface area contributed by atoms with Crippen molar-refractivity contribution in [3.63, 3.8) is 0 Å². The number of aromatic nitrogens is 1. The maximum absolute atomic E-state index is 4.78. The zero-order chi connectivity index (χ0) is 16.8. The van der Waals surface area contributed by atoms with E-state index in [9.17, 15) is 0 Å². The Hall–Kier alpha value is -2.46. The monoisotopic (exact) mass is 345 g/mol. The highest BCUT2D eigenvalue weighted by molar-refractivity contribution is 8.16. The lowest BCUT2D eigenvalue weighted by Crippen LogP contribution is -2.33. The number of thioether (sulfide) groups is 1. The molecule has 5 rings (SSSR count). The number of benzene rings is 2. The summed E-state index contributed by atoms with van der Waals surface area (Å²) < 4.78 is 2.23. The molecular formula is C21H19N3S. The van der Waals surface area contributed by atoms with Gasteiger partial charge in [0.2, 0.25) is 0 Å². The number of amidine groups is 1. The Kier molecular flexibility index (Phi) is 3.45. The SMILES string of the molecule is Cn1cc(C[C@H]2CN=C3SC=C(c4ccccc4)N32)c2ccccc21. The predicted octanol–water partition coefficient (Wildman–Crippen LogP) is 4.51. The van der Waals surface area contributed by atoms with Crippen molar-refractivity contribution in [3.05, 3.63) is 77.3 Å². The van der Waals surface area contributed by atoms with Crippen LogP contribution in [0.4, 0.5) is 0 Å². The van der Waals surface area contributed by atoms with Crippen molar-refractivity contribution < 1.29 is 0 Å². The molecule has 2 aromatic carbocycles. The van der Waals surface area contributed by atoms with Crippen molar-refractivity contribution in [2.75, 3.05) is 6.54 Å². The summed E-state index contributed by atoms with van der Waals surface area (Å²) in [5.74, 6) is 0. The molecule has 0 saturated carbocycles. The van der Waals surface area contributed by atoms with Crippen molar-refractivity contribution in [2.45, 2.75) is 12.5 Å². The van der Waals surface area contributed by atoms with Crippen LogP contribution in [0.3, 0.4) is 0 Å². The average Bonchev–Trinajstić information content (AvgIpc) is 3.32. The minimum absolute atomic E-state index is 0.391. The smallest absolute Gasteiger partial charge is 0.168 e. The van der Waals surface area contributed by atoms with Crippen LogP contribution in [-0.2, 0) is 13.5 Å². The van der Waals surface area contributed by atoms with Gasteiger partial charge in [0, 0.05) is 29.6 Å². The molecule has 0 spiro atoms. The molecule has 3 aromatic rings. The lowest BCUT2D eigenvalue weighted by Gasteiger charge is -2.25. The van der Waals surface area contributed by atoms with E-state index < -0.39 is 0 Å². The molecule has 3 heterocycles. The van der Waals surface area contributed by atoms with Gasteiger partial charge in [0.15, 0.2) is 5.17 Å². The Morgan fingerprint density at radius 3 is 2.76 bits per heavy atom. The molecule has 1 aromatic heterocycles. The third kappa shape index (κ3) is 2.40. The second-order valence-corrected chi connectivity index (χ2v) is 7.46. The van der Waals surface area contributed by atoms with Gasteiger partial charge in [-0.1, -0.05) is 60.3 Å². The molecule has 4 heteroatoms. The number of fused-ring (bicyclic) bond motifs is 2. The quantitative estimate of drug-likeness (QED) is 0.696. The molecule has 2 aliphatic heterocycles. The maximum Gasteiger partial charge on any atom is 0.168 e. The minimum atomic E-state index is 0.391. The zero-order valence-electron chi connectivity index (χ0n) is 14.1. The number of hydrogen-bond donors (Lipinski definition) is 0. The van der Waals surface area contributed by atoms with Gasteiger partial charge in [-0.05, 0) is 23.6 Å². The molecule has 0 radical (unpaired) electrons. The molecular weight excluding hydrogens is 326 g/mol. The van der Waals surface area contributed by atoms with E-state index in [-0.39, 0.29) is 0 Å². The highest BCUT2D eigenvalue weighted by atomic mass is 32.2. The van der Waals surface area contributed by atoms with Crippen LogP contribution in [0.1, 0.15) is 11.1 Å². The van der Waals surface area contributed by atoms with E-state index in [4.69, 9.17) is 4.99 Å². The van der Waals surface area contributed by atoms with Crippen LogP contribution in [0.2, 0.25) is 0 Å². The van der Waals surface area contributed by atoms with Crippen molar-refractivity contribution in [3.8, 4) is 0 Å². The van der Waals surface area contributed by atoms with Crippen LogP contribution >= 0.6 is 11.8 Å². The molecule has 124 valence electrons. The lowest BCUT2D eigenvalue weighted by molar-refractivity contribution is 0.463. The summed E-state index contributed by atoms with van der Waals surface area (Å²) >= 11 is 1.75. The van der Waals surface area contributed by atoms with Crippen molar-refractivity contribution in [1.29, 1.82) is 0 Å². The molecule has 3 nitrogen and oxygen atoms in total. The molecule has 2 aliphatic rings. The topological polar surface area (TPSA) is 20.5 Å². The molecule has 25 heavy (non-hydrogen) atoms. The summed E-state index contributed by atoms with van der Waals surface area (Å²) in [6.07, 6.45) is 3.29. The van der Waals surface area contributed by atoms with Crippen LogP contribution in [0.25, 0.3) is 16.6 Å². The standard InChI is InChI=1S/C21H19N3S/c1-23-13-16(18-9-5-6-10-19(18)23)11-17-12-22-21-24(17)20(14-25-21)15-7-3-2-4-8-15/h2-10,13-14,17H,11-12H2,1H3/t17-/m0/s1. The number of aliphatic imine (C=N–C) groups is 1. The Balaban J connectivity index is 1.48. The number of hydrogen-bond acceptors (Lipinski definition) is 3. The normalized spacial score (nSPS) is 19.2. The summed E-state index contributed by atoms with van der Waals surface area (Å²) in [6.45, 7) is 0.871. The van der Waals surface area contributed by atoms with Gasteiger partial charge in [-0.15, -0.1) is 0 Å². The first-order valence-electron chi connectivity index (χ1n) is 8.60. The predicted molar refractivity (Wildman–Crippen MR) is 107 cm³/mol. The molecule has 1 atom stereocenters. The van der Waals surface area contributed by atoms with Crippen LogP contribution in [0.5, 0.6) is 0 Å². The van der Waals surface area contributed by atoms with Gasteiger partial charge in [0.25, 0.3) is 0 Å². The highest BCUT2D eigenvalue weighted by Crippen LogP contribution is 2.39. The second-order valence-electron chi connectivity index (χ2n) is 6.62. The van der Waals surface area contributed by atoms with Gasteiger partial charge in [-0.25, -0.2) is 0 Å². The number of rotatable bonds is 3. The number of aryl methyl sites for hydroxylation is 1. The molecule has 0 amide bonds.